The largest absolute Gasteiger partial charge is 0.349 e. The van der Waals surface area contributed by atoms with Crippen LogP contribution in [0, 0.1) is 0 Å². The fraction of sp³-hybridized carbons (Fsp3) is 0.0968. The van der Waals surface area contributed by atoms with Crippen LogP contribution in [0.3, 0.4) is 0 Å². The lowest BCUT2D eigenvalue weighted by Gasteiger charge is -2.46. The third-order valence-electron chi connectivity index (χ3n) is 7.69. The Morgan fingerprint density at radius 1 is 0.364 bits per heavy atom. The van der Waals surface area contributed by atoms with Gasteiger partial charge in [-0.1, -0.05) is 97.1 Å². The van der Waals surface area contributed by atoms with E-state index in [0.29, 0.717) is 0 Å². The molecule has 0 aliphatic carbocycles. The topological polar surface area (TPSA) is 6.48 Å². The van der Waals surface area contributed by atoms with Gasteiger partial charge >= 0.3 is 0 Å². The zero-order chi connectivity index (χ0) is 21.5. The zero-order valence-electron chi connectivity index (χ0n) is 18.3. The van der Waals surface area contributed by atoms with Gasteiger partial charge in [0.15, 0.2) is 0 Å². The molecule has 0 aromatic heterocycles. The van der Waals surface area contributed by atoms with Crippen molar-refractivity contribution in [1.29, 1.82) is 0 Å². The molecule has 0 radical (unpaired) electrons. The highest BCUT2D eigenvalue weighted by Gasteiger charge is 2.34. The number of fused-ring (bicyclic) bond motifs is 16. The summed E-state index contributed by atoms with van der Waals surface area (Å²) >= 11 is 0. The Morgan fingerprint density at radius 2 is 0.667 bits per heavy atom. The summed E-state index contributed by atoms with van der Waals surface area (Å²) in [5.41, 5.74) is 5.75. The van der Waals surface area contributed by atoms with Gasteiger partial charge in [0.05, 0.1) is 18.0 Å². The monoisotopic (exact) mass is 422 g/mol. The molecule has 2 bridgehead atoms. The summed E-state index contributed by atoms with van der Waals surface area (Å²) in [6.07, 6.45) is 0. The highest BCUT2D eigenvalue weighted by Crippen LogP contribution is 2.49. The van der Waals surface area contributed by atoms with Gasteiger partial charge < -0.3 is 9.80 Å². The van der Waals surface area contributed by atoms with Gasteiger partial charge in [-0.15, -0.1) is 0 Å². The van der Waals surface area contributed by atoms with E-state index < -0.39 is 0 Å². The first-order valence-electron chi connectivity index (χ1n) is 11.7. The number of anilines is 2. The van der Waals surface area contributed by atoms with E-state index in [4.69, 9.17) is 0 Å². The summed E-state index contributed by atoms with van der Waals surface area (Å²) in [5.74, 6) is 0. The van der Waals surface area contributed by atoms with E-state index in [0.717, 1.165) is 19.8 Å². The van der Waals surface area contributed by atoms with Crippen LogP contribution in [0.2, 0.25) is 0 Å². The molecular weight excluding hydrogens is 400 g/mol. The molecule has 2 heteroatoms. The molecule has 2 nitrogen and oxygen atoms in total. The van der Waals surface area contributed by atoms with Crippen molar-refractivity contribution in [2.75, 3.05) is 16.5 Å². The molecule has 6 aromatic rings. The van der Waals surface area contributed by atoms with Crippen molar-refractivity contribution in [2.24, 2.45) is 0 Å². The van der Waals surface area contributed by atoms with Crippen LogP contribution < -0.4 is 9.80 Å². The van der Waals surface area contributed by atoms with Gasteiger partial charge in [0.1, 0.15) is 0 Å². The SMILES string of the molecule is c1ccc2c(c1)c1c(c3ccccc32)N2Cc3c(c4ccccc4c4ccccc34)N(C1)C2. The maximum absolute atomic E-state index is 2.61. The van der Waals surface area contributed by atoms with Gasteiger partial charge in [-0.25, -0.2) is 0 Å². The van der Waals surface area contributed by atoms with Crippen molar-refractivity contribution in [3.05, 3.63) is 108 Å². The van der Waals surface area contributed by atoms with Crippen molar-refractivity contribution in [1.82, 2.24) is 0 Å². The maximum Gasteiger partial charge on any atom is 0.0910 e. The molecule has 0 amide bonds. The Hall–Kier alpha value is -4.04. The summed E-state index contributed by atoms with van der Waals surface area (Å²) in [6.45, 7) is 2.81. The van der Waals surface area contributed by atoms with Gasteiger partial charge in [0.2, 0.25) is 0 Å². The summed E-state index contributed by atoms with van der Waals surface area (Å²) in [6, 6.07) is 35.8. The lowest BCUT2D eigenvalue weighted by atomic mass is 9.88. The van der Waals surface area contributed by atoms with Gasteiger partial charge in [-0.05, 0) is 32.3 Å². The minimum absolute atomic E-state index is 0.935. The van der Waals surface area contributed by atoms with E-state index in [1.165, 1.54) is 65.6 Å². The number of hydrogen-bond acceptors (Lipinski definition) is 2. The minimum Gasteiger partial charge on any atom is -0.349 e. The first-order valence-corrected chi connectivity index (χ1v) is 11.7. The lowest BCUT2D eigenvalue weighted by molar-refractivity contribution is 0.662. The molecule has 0 fully saturated rings. The highest BCUT2D eigenvalue weighted by molar-refractivity contribution is 6.18. The van der Waals surface area contributed by atoms with Crippen LogP contribution in [-0.4, -0.2) is 6.67 Å². The number of nitrogens with zero attached hydrogens (tertiary/aromatic N) is 2. The summed E-state index contributed by atoms with van der Waals surface area (Å²) in [7, 11) is 0. The predicted octanol–water partition coefficient (Wildman–Crippen LogP) is 7.60. The fourth-order valence-electron chi connectivity index (χ4n) is 6.42. The Bertz CT molecular complexity index is 1630. The van der Waals surface area contributed by atoms with E-state index in [9.17, 15) is 0 Å². The van der Waals surface area contributed by atoms with Crippen LogP contribution >= 0.6 is 0 Å². The second kappa shape index (κ2) is 6.26. The third kappa shape index (κ3) is 2.23. The zero-order valence-corrected chi connectivity index (χ0v) is 18.3. The molecule has 0 N–H and O–H groups in total. The van der Waals surface area contributed by atoms with Gasteiger partial charge in [-0.2, -0.15) is 0 Å². The Balaban J connectivity index is 1.49. The van der Waals surface area contributed by atoms with Crippen LogP contribution in [0.15, 0.2) is 97.1 Å². The smallest absolute Gasteiger partial charge is 0.0910 e. The molecule has 2 aliphatic heterocycles. The number of hydrogen-bond donors (Lipinski definition) is 0. The lowest BCUT2D eigenvalue weighted by Crippen LogP contribution is -2.46. The first-order chi connectivity index (χ1) is 16.4. The van der Waals surface area contributed by atoms with E-state index in [2.05, 4.69) is 107 Å². The Morgan fingerprint density at radius 3 is 1.06 bits per heavy atom. The van der Waals surface area contributed by atoms with Crippen LogP contribution in [-0.2, 0) is 13.1 Å². The van der Waals surface area contributed by atoms with E-state index >= 15 is 0 Å². The third-order valence-corrected chi connectivity index (χ3v) is 7.69. The van der Waals surface area contributed by atoms with Crippen molar-refractivity contribution in [2.45, 2.75) is 13.1 Å². The Labute approximate surface area is 192 Å². The molecule has 2 heterocycles. The summed E-state index contributed by atoms with van der Waals surface area (Å²) < 4.78 is 0. The molecule has 0 saturated carbocycles. The standard InChI is InChI=1S/C31H22N2/c1-3-13-24-20(9-1)22-11-5-7-15-26(22)30-28(24)17-32-19-33(30)18-29-25-14-4-2-10-21(25)23-12-6-8-16-27(23)31(29)32/h1-16H,17-19H2. The average Bonchev–Trinajstić information content (AvgIpc) is 2.89. The van der Waals surface area contributed by atoms with Crippen LogP contribution in [0.1, 0.15) is 11.1 Å². The molecule has 2 aliphatic rings. The van der Waals surface area contributed by atoms with E-state index in [-0.39, 0.29) is 0 Å². The van der Waals surface area contributed by atoms with Crippen LogP contribution in [0.5, 0.6) is 0 Å². The second-order valence-corrected chi connectivity index (χ2v) is 9.37. The molecule has 156 valence electrons. The van der Waals surface area contributed by atoms with Gasteiger partial charge in [-0.3, -0.25) is 0 Å². The first kappa shape index (κ1) is 17.5. The molecule has 8 rings (SSSR count). The van der Waals surface area contributed by atoms with E-state index in [1.54, 1.807) is 0 Å². The molecule has 0 saturated heterocycles. The molecule has 0 atom stereocenters. The molecule has 0 unspecified atom stereocenters. The second-order valence-electron chi connectivity index (χ2n) is 9.37. The molecular formula is C31H22N2. The Kier molecular flexibility index (Phi) is 3.32. The number of rotatable bonds is 0. The van der Waals surface area contributed by atoms with Crippen molar-refractivity contribution in [3.8, 4) is 0 Å². The fourth-order valence-corrected chi connectivity index (χ4v) is 6.42. The van der Waals surface area contributed by atoms with E-state index in [1.807, 2.05) is 0 Å². The summed E-state index contributed by atoms with van der Waals surface area (Å²) in [5, 5.41) is 10.9. The van der Waals surface area contributed by atoms with Crippen molar-refractivity contribution < 1.29 is 0 Å². The molecule has 6 aromatic carbocycles. The average molecular weight is 423 g/mol. The molecule has 33 heavy (non-hydrogen) atoms. The maximum atomic E-state index is 2.61. The van der Waals surface area contributed by atoms with Crippen molar-refractivity contribution >= 4 is 54.5 Å². The van der Waals surface area contributed by atoms with Crippen molar-refractivity contribution in [3.63, 3.8) is 0 Å². The number of benzene rings is 6. The highest BCUT2D eigenvalue weighted by atomic mass is 15.4. The summed E-state index contributed by atoms with van der Waals surface area (Å²) in [4.78, 5) is 5.22. The minimum atomic E-state index is 0.935. The normalized spacial score (nSPS) is 14.8. The van der Waals surface area contributed by atoms with Crippen LogP contribution in [0.4, 0.5) is 11.4 Å². The predicted molar refractivity (Wildman–Crippen MR) is 140 cm³/mol. The van der Waals surface area contributed by atoms with Gasteiger partial charge in [0, 0.05) is 35.0 Å². The quantitative estimate of drug-likeness (QED) is 0.233. The van der Waals surface area contributed by atoms with Crippen LogP contribution in [0.25, 0.3) is 43.1 Å². The molecule has 0 spiro atoms. The van der Waals surface area contributed by atoms with Gasteiger partial charge in [0.25, 0.3) is 0 Å².